The standard InChI is InChI=1S/C19H20N2/c1-13-7-8-14(2)17(11-13)15(3)21-19-6-4-5-16-9-10-20-12-18(16)19/h4-12,15,21H,1-3H3. The first-order valence-electron chi connectivity index (χ1n) is 7.31. The summed E-state index contributed by atoms with van der Waals surface area (Å²) in [7, 11) is 0. The highest BCUT2D eigenvalue weighted by Gasteiger charge is 2.10. The fraction of sp³-hybridized carbons (Fsp3) is 0.211. The van der Waals surface area contributed by atoms with Crippen molar-refractivity contribution in [1.29, 1.82) is 0 Å². The molecule has 1 aromatic heterocycles. The van der Waals surface area contributed by atoms with Crippen LogP contribution in [-0.4, -0.2) is 4.98 Å². The zero-order valence-corrected chi connectivity index (χ0v) is 12.7. The van der Waals surface area contributed by atoms with Crippen LogP contribution in [0.15, 0.2) is 54.9 Å². The maximum atomic E-state index is 4.25. The summed E-state index contributed by atoms with van der Waals surface area (Å²) in [5.41, 5.74) is 5.09. The van der Waals surface area contributed by atoms with Gasteiger partial charge in [-0.05, 0) is 49.4 Å². The Hall–Kier alpha value is -2.35. The van der Waals surface area contributed by atoms with E-state index in [4.69, 9.17) is 0 Å². The molecule has 3 aromatic rings. The number of anilines is 1. The van der Waals surface area contributed by atoms with Crippen LogP contribution < -0.4 is 5.32 Å². The second kappa shape index (κ2) is 5.57. The molecular formula is C19H20N2. The summed E-state index contributed by atoms with van der Waals surface area (Å²) in [6, 6.07) is 15.2. The van der Waals surface area contributed by atoms with Crippen LogP contribution in [0.5, 0.6) is 0 Å². The van der Waals surface area contributed by atoms with Gasteiger partial charge in [-0.2, -0.15) is 0 Å². The second-order valence-corrected chi connectivity index (χ2v) is 5.63. The Morgan fingerprint density at radius 1 is 1.05 bits per heavy atom. The number of fused-ring (bicyclic) bond motifs is 1. The van der Waals surface area contributed by atoms with Gasteiger partial charge in [0.05, 0.1) is 0 Å². The van der Waals surface area contributed by atoms with Gasteiger partial charge in [-0.25, -0.2) is 0 Å². The van der Waals surface area contributed by atoms with Gasteiger partial charge in [-0.15, -0.1) is 0 Å². The number of pyridine rings is 1. The fourth-order valence-electron chi connectivity index (χ4n) is 2.78. The molecule has 1 N–H and O–H groups in total. The van der Waals surface area contributed by atoms with Crippen molar-refractivity contribution in [2.75, 3.05) is 5.32 Å². The van der Waals surface area contributed by atoms with Gasteiger partial charge in [0.25, 0.3) is 0 Å². The molecule has 21 heavy (non-hydrogen) atoms. The van der Waals surface area contributed by atoms with E-state index in [1.807, 2.05) is 18.5 Å². The summed E-state index contributed by atoms with van der Waals surface area (Å²) in [6.45, 7) is 6.51. The van der Waals surface area contributed by atoms with E-state index >= 15 is 0 Å². The maximum Gasteiger partial charge on any atom is 0.0488 e. The van der Waals surface area contributed by atoms with Gasteiger partial charge in [-0.3, -0.25) is 4.98 Å². The molecule has 3 rings (SSSR count). The third kappa shape index (κ3) is 2.75. The molecule has 1 heterocycles. The van der Waals surface area contributed by atoms with E-state index in [0.29, 0.717) is 0 Å². The molecule has 0 aliphatic heterocycles. The molecule has 0 aliphatic rings. The van der Waals surface area contributed by atoms with E-state index in [2.05, 4.69) is 67.5 Å². The Labute approximate surface area is 125 Å². The van der Waals surface area contributed by atoms with Crippen molar-refractivity contribution in [3.63, 3.8) is 0 Å². The SMILES string of the molecule is Cc1ccc(C)c(C(C)Nc2cccc3ccncc23)c1. The molecule has 2 nitrogen and oxygen atoms in total. The molecule has 0 saturated heterocycles. The number of aryl methyl sites for hydroxylation is 2. The van der Waals surface area contributed by atoms with Gasteiger partial charge in [0.2, 0.25) is 0 Å². The van der Waals surface area contributed by atoms with E-state index in [9.17, 15) is 0 Å². The van der Waals surface area contributed by atoms with E-state index in [-0.39, 0.29) is 6.04 Å². The largest absolute Gasteiger partial charge is 0.378 e. The predicted molar refractivity (Wildman–Crippen MR) is 89.7 cm³/mol. The quantitative estimate of drug-likeness (QED) is 0.726. The number of hydrogen-bond donors (Lipinski definition) is 1. The number of hydrogen-bond acceptors (Lipinski definition) is 2. The van der Waals surface area contributed by atoms with Crippen LogP contribution >= 0.6 is 0 Å². The number of benzene rings is 2. The normalized spacial score (nSPS) is 12.3. The van der Waals surface area contributed by atoms with Crippen LogP contribution in [0, 0.1) is 13.8 Å². The van der Waals surface area contributed by atoms with Crippen LogP contribution in [0.3, 0.4) is 0 Å². The molecule has 106 valence electrons. The number of nitrogens with one attached hydrogen (secondary N) is 1. The van der Waals surface area contributed by atoms with Gasteiger partial charge >= 0.3 is 0 Å². The summed E-state index contributed by atoms with van der Waals surface area (Å²) in [4.78, 5) is 4.25. The minimum atomic E-state index is 0.260. The van der Waals surface area contributed by atoms with Gasteiger partial charge in [0.15, 0.2) is 0 Å². The molecule has 1 unspecified atom stereocenters. The van der Waals surface area contributed by atoms with Crippen LogP contribution in [0.1, 0.15) is 29.7 Å². The number of rotatable bonds is 3. The molecule has 0 amide bonds. The molecule has 0 saturated carbocycles. The van der Waals surface area contributed by atoms with Crippen molar-refractivity contribution in [2.45, 2.75) is 26.8 Å². The molecule has 2 heteroatoms. The van der Waals surface area contributed by atoms with Gasteiger partial charge in [0.1, 0.15) is 0 Å². The van der Waals surface area contributed by atoms with Crippen LogP contribution in [0.4, 0.5) is 5.69 Å². The summed E-state index contributed by atoms with van der Waals surface area (Å²) in [5.74, 6) is 0. The first kappa shape index (κ1) is 13.6. The topological polar surface area (TPSA) is 24.9 Å². The number of nitrogens with zero attached hydrogens (tertiary/aromatic N) is 1. The molecule has 1 atom stereocenters. The van der Waals surface area contributed by atoms with Crippen molar-refractivity contribution in [2.24, 2.45) is 0 Å². The molecular weight excluding hydrogens is 256 g/mol. The monoisotopic (exact) mass is 276 g/mol. The lowest BCUT2D eigenvalue weighted by Gasteiger charge is -2.19. The Balaban J connectivity index is 1.96. The number of aromatic nitrogens is 1. The molecule has 0 bridgehead atoms. The third-order valence-electron chi connectivity index (χ3n) is 3.96. The zero-order valence-electron chi connectivity index (χ0n) is 12.7. The smallest absolute Gasteiger partial charge is 0.0488 e. The molecule has 0 spiro atoms. The summed E-state index contributed by atoms with van der Waals surface area (Å²) >= 11 is 0. The summed E-state index contributed by atoms with van der Waals surface area (Å²) < 4.78 is 0. The van der Waals surface area contributed by atoms with Crippen molar-refractivity contribution < 1.29 is 0 Å². The minimum Gasteiger partial charge on any atom is -0.378 e. The molecule has 0 fully saturated rings. The minimum absolute atomic E-state index is 0.260. The lowest BCUT2D eigenvalue weighted by molar-refractivity contribution is 0.874. The fourth-order valence-corrected chi connectivity index (χ4v) is 2.78. The van der Waals surface area contributed by atoms with Gasteiger partial charge in [-0.1, -0.05) is 35.9 Å². The van der Waals surface area contributed by atoms with Crippen molar-refractivity contribution in [1.82, 2.24) is 4.98 Å². The Bertz CT molecular complexity index is 772. The highest BCUT2D eigenvalue weighted by Crippen LogP contribution is 2.28. The van der Waals surface area contributed by atoms with E-state index in [1.54, 1.807) is 0 Å². The summed E-state index contributed by atoms with van der Waals surface area (Å²) in [6.07, 6.45) is 3.76. The molecule has 2 aromatic carbocycles. The molecule has 0 aliphatic carbocycles. The Kier molecular flexibility index (Phi) is 3.61. The highest BCUT2D eigenvalue weighted by atomic mass is 14.9. The van der Waals surface area contributed by atoms with Gasteiger partial charge in [0, 0.05) is 29.5 Å². The average molecular weight is 276 g/mol. The molecule has 0 radical (unpaired) electrons. The highest BCUT2D eigenvalue weighted by molar-refractivity contribution is 5.93. The van der Waals surface area contributed by atoms with Crippen molar-refractivity contribution >= 4 is 16.5 Å². The summed E-state index contributed by atoms with van der Waals surface area (Å²) in [5, 5.41) is 6.00. The Morgan fingerprint density at radius 2 is 1.90 bits per heavy atom. The second-order valence-electron chi connectivity index (χ2n) is 5.63. The van der Waals surface area contributed by atoms with Crippen molar-refractivity contribution in [3.8, 4) is 0 Å². The van der Waals surface area contributed by atoms with Gasteiger partial charge < -0.3 is 5.32 Å². The zero-order chi connectivity index (χ0) is 14.8. The van der Waals surface area contributed by atoms with E-state index in [1.165, 1.54) is 22.1 Å². The van der Waals surface area contributed by atoms with Crippen LogP contribution in [0.2, 0.25) is 0 Å². The van der Waals surface area contributed by atoms with E-state index in [0.717, 1.165) is 11.1 Å². The first-order valence-corrected chi connectivity index (χ1v) is 7.31. The van der Waals surface area contributed by atoms with E-state index < -0.39 is 0 Å². The lowest BCUT2D eigenvalue weighted by Crippen LogP contribution is -2.08. The maximum absolute atomic E-state index is 4.25. The lowest BCUT2D eigenvalue weighted by atomic mass is 9.99. The first-order chi connectivity index (χ1) is 10.1. The Morgan fingerprint density at radius 3 is 2.76 bits per heavy atom. The predicted octanol–water partition coefficient (Wildman–Crippen LogP) is 5.02. The van der Waals surface area contributed by atoms with Crippen LogP contribution in [0.25, 0.3) is 10.8 Å². The third-order valence-corrected chi connectivity index (χ3v) is 3.96. The van der Waals surface area contributed by atoms with Crippen LogP contribution in [-0.2, 0) is 0 Å². The van der Waals surface area contributed by atoms with Crippen molar-refractivity contribution in [3.05, 3.63) is 71.5 Å². The average Bonchev–Trinajstić information content (AvgIpc) is 2.50.